The molecule has 0 saturated carbocycles. The number of primary amides is 1. The maximum absolute atomic E-state index is 15.1. The van der Waals surface area contributed by atoms with Gasteiger partial charge in [-0.05, 0) is 100 Å². The smallest absolute Gasteiger partial charge is 0.257 e. The van der Waals surface area contributed by atoms with Crippen molar-refractivity contribution in [3.63, 3.8) is 0 Å². The molecule has 2 saturated heterocycles. The molecule has 2 aromatic rings. The maximum atomic E-state index is 15.1. The van der Waals surface area contributed by atoms with Crippen molar-refractivity contribution in [1.82, 2.24) is 9.80 Å². The van der Waals surface area contributed by atoms with Gasteiger partial charge in [0.2, 0.25) is 11.6 Å². The van der Waals surface area contributed by atoms with Gasteiger partial charge >= 0.3 is 0 Å². The van der Waals surface area contributed by atoms with Crippen LogP contribution in [0.15, 0.2) is 36.4 Å². The number of nitrogens with two attached hydrogens (primary N) is 1. The Morgan fingerprint density at radius 1 is 1.08 bits per heavy atom. The molecule has 9 heteroatoms. The molecule has 0 spiro atoms. The van der Waals surface area contributed by atoms with Crippen molar-refractivity contribution in [2.45, 2.75) is 57.7 Å². The molecule has 2 N–H and O–H groups in total. The van der Waals surface area contributed by atoms with Crippen LogP contribution in [0.1, 0.15) is 56.3 Å². The molecule has 4 rings (SSSR count). The van der Waals surface area contributed by atoms with Crippen molar-refractivity contribution < 1.29 is 23.1 Å². The first kappa shape index (κ1) is 28.5. The van der Waals surface area contributed by atoms with Crippen LogP contribution in [0, 0.1) is 18.3 Å². The van der Waals surface area contributed by atoms with Gasteiger partial charge in [0.15, 0.2) is 0 Å². The predicted octanol–water partition coefficient (Wildman–Crippen LogP) is 5.36. The van der Waals surface area contributed by atoms with Gasteiger partial charge < -0.3 is 20.3 Å². The molecule has 2 heterocycles. The summed E-state index contributed by atoms with van der Waals surface area (Å²) in [6, 6.07) is 8.72. The lowest BCUT2D eigenvalue weighted by atomic mass is 9.96. The van der Waals surface area contributed by atoms with Crippen LogP contribution < -0.4 is 10.5 Å². The van der Waals surface area contributed by atoms with Gasteiger partial charge in [0.25, 0.3) is 5.91 Å². The van der Waals surface area contributed by atoms with Gasteiger partial charge in [0.05, 0.1) is 18.7 Å². The van der Waals surface area contributed by atoms with Gasteiger partial charge in [-0.2, -0.15) is 0 Å². The molecule has 0 aliphatic carbocycles. The highest BCUT2D eigenvalue weighted by molar-refractivity contribution is 5.98. The van der Waals surface area contributed by atoms with Crippen LogP contribution in [-0.4, -0.2) is 66.1 Å². The number of hydrogen-bond acceptors (Lipinski definition) is 4. The fraction of sp³-hybridized carbons (Fsp3) is 0.500. The number of carbonyl (C=O) groups is 2. The first-order valence-corrected chi connectivity index (χ1v) is 13.5. The van der Waals surface area contributed by atoms with Crippen LogP contribution in [0.2, 0.25) is 0 Å². The molecule has 2 aliphatic heterocycles. The van der Waals surface area contributed by atoms with E-state index >= 15 is 4.39 Å². The third-order valence-electron chi connectivity index (χ3n) is 7.49. The highest BCUT2D eigenvalue weighted by atomic mass is 19.1. The topological polar surface area (TPSA) is 80.2 Å². The summed E-state index contributed by atoms with van der Waals surface area (Å²) in [5, 5.41) is 0. The van der Waals surface area contributed by atoms with E-state index in [4.69, 9.17) is 17.0 Å². The van der Waals surface area contributed by atoms with Crippen LogP contribution in [0.5, 0.6) is 5.75 Å². The van der Waals surface area contributed by atoms with E-state index in [0.29, 0.717) is 54.6 Å². The lowest BCUT2D eigenvalue weighted by Crippen LogP contribution is -2.50. The number of amides is 2. The van der Waals surface area contributed by atoms with Crippen LogP contribution in [0.3, 0.4) is 0 Å². The maximum Gasteiger partial charge on any atom is 0.257 e. The van der Waals surface area contributed by atoms with E-state index in [-0.39, 0.29) is 5.56 Å². The molecule has 0 unspecified atom stereocenters. The molecule has 0 radical (unpaired) electrons. The molecule has 7 nitrogen and oxygen atoms in total. The minimum atomic E-state index is -1.21. The van der Waals surface area contributed by atoms with Crippen molar-refractivity contribution >= 4 is 17.5 Å². The monoisotopic (exact) mass is 538 g/mol. The number of benzene rings is 2. The Labute approximate surface area is 228 Å². The summed E-state index contributed by atoms with van der Waals surface area (Å²) in [5.74, 6) is -1.03. The van der Waals surface area contributed by atoms with Gasteiger partial charge in [0.1, 0.15) is 23.3 Å². The fourth-order valence-corrected chi connectivity index (χ4v) is 5.45. The highest BCUT2D eigenvalue weighted by Crippen LogP contribution is 2.35. The Kier molecular flexibility index (Phi) is 8.86. The summed E-state index contributed by atoms with van der Waals surface area (Å²) < 4.78 is 35.0. The van der Waals surface area contributed by atoms with E-state index in [0.717, 1.165) is 38.8 Å². The molecule has 1 atom stereocenters. The number of alkyl halides is 1. The fourth-order valence-electron chi connectivity index (χ4n) is 5.45. The number of hydrogen-bond donors (Lipinski definition) is 1. The summed E-state index contributed by atoms with van der Waals surface area (Å²) in [4.78, 5) is 31.9. The molecule has 0 aromatic heterocycles. The average molecular weight is 539 g/mol. The molecule has 2 aliphatic rings. The van der Waals surface area contributed by atoms with Crippen LogP contribution in [0.25, 0.3) is 16.0 Å². The lowest BCUT2D eigenvalue weighted by Gasteiger charge is -2.34. The summed E-state index contributed by atoms with van der Waals surface area (Å²) in [6.45, 7) is 13.7. The van der Waals surface area contributed by atoms with E-state index in [9.17, 15) is 14.0 Å². The van der Waals surface area contributed by atoms with Gasteiger partial charge in [-0.3, -0.25) is 9.59 Å². The van der Waals surface area contributed by atoms with E-state index in [2.05, 4.69) is 9.74 Å². The van der Waals surface area contributed by atoms with Gasteiger partial charge in [0, 0.05) is 13.1 Å². The van der Waals surface area contributed by atoms with Gasteiger partial charge in [-0.1, -0.05) is 12.1 Å². The van der Waals surface area contributed by atoms with Gasteiger partial charge in [-0.25, -0.2) is 13.6 Å². The number of nitrogens with zero attached hydrogens (tertiary/aromatic N) is 3. The molecule has 208 valence electrons. The Balaban J connectivity index is 1.41. The second-order valence-electron chi connectivity index (χ2n) is 11.2. The van der Waals surface area contributed by atoms with Gasteiger partial charge in [-0.15, -0.1) is 0 Å². The second-order valence-corrected chi connectivity index (χ2v) is 11.2. The molecule has 2 aromatic carbocycles. The summed E-state index contributed by atoms with van der Waals surface area (Å²) in [7, 11) is 0. The molecular formula is C30H36F2N4O3. The largest absolute Gasteiger partial charge is 0.504 e. The average Bonchev–Trinajstić information content (AvgIpc) is 2.91. The van der Waals surface area contributed by atoms with Crippen molar-refractivity contribution in [2.24, 2.45) is 11.7 Å². The van der Waals surface area contributed by atoms with Crippen molar-refractivity contribution in [3.05, 3.63) is 59.2 Å². The number of halogens is 2. The number of rotatable bonds is 8. The zero-order chi connectivity index (χ0) is 28.2. The predicted molar refractivity (Wildman–Crippen MR) is 146 cm³/mol. The van der Waals surface area contributed by atoms with Crippen LogP contribution in [0.4, 0.5) is 14.5 Å². The molecule has 2 fully saturated rings. The zero-order valence-electron chi connectivity index (χ0n) is 22.6. The number of ether oxygens (including phenoxy) is 1. The Hall–Kier alpha value is -3.51. The third kappa shape index (κ3) is 7.12. The first-order chi connectivity index (χ1) is 18.6. The Morgan fingerprint density at radius 2 is 1.77 bits per heavy atom. The van der Waals surface area contributed by atoms with E-state index in [1.807, 2.05) is 0 Å². The first-order valence-electron chi connectivity index (χ1n) is 13.5. The lowest BCUT2D eigenvalue weighted by molar-refractivity contribution is -0.123. The minimum Gasteiger partial charge on any atom is -0.504 e. The molecule has 2 amide bonds. The third-order valence-corrected chi connectivity index (χ3v) is 7.49. The Morgan fingerprint density at radius 3 is 2.41 bits per heavy atom. The van der Waals surface area contributed by atoms with E-state index in [1.165, 1.54) is 17.0 Å². The quantitative estimate of drug-likeness (QED) is 0.459. The normalized spacial score (nSPS) is 18.9. The molecule has 0 bridgehead atoms. The molecule has 39 heavy (non-hydrogen) atoms. The van der Waals surface area contributed by atoms with Crippen molar-refractivity contribution in [2.75, 3.05) is 32.8 Å². The van der Waals surface area contributed by atoms with Crippen LogP contribution in [-0.2, 0) is 4.79 Å². The minimum absolute atomic E-state index is 0.113. The van der Waals surface area contributed by atoms with Crippen molar-refractivity contribution in [3.8, 4) is 16.9 Å². The number of likely N-dealkylation sites (tertiary alicyclic amines) is 2. The highest BCUT2D eigenvalue weighted by Gasteiger charge is 2.32. The van der Waals surface area contributed by atoms with E-state index < -0.39 is 29.3 Å². The van der Waals surface area contributed by atoms with Crippen LogP contribution >= 0.6 is 0 Å². The standard InChI is InChI=1S/C30H36F2N4O3/c1-30(2,32)19-35-14-11-20(12-15-35)18-39-27-10-8-22(17-25(27)34-3)21-7-9-23(24(31)16-21)29(38)36-13-5-4-6-26(36)28(33)37/h7-10,16-17,20,26H,4-6,11-15,18-19H2,1-2H3,(H2,33,37)/t26-/m1/s1. The van der Waals surface area contributed by atoms with E-state index in [1.54, 1.807) is 38.1 Å². The van der Waals surface area contributed by atoms with Crippen molar-refractivity contribution in [1.29, 1.82) is 0 Å². The summed E-state index contributed by atoms with van der Waals surface area (Å²) in [6.07, 6.45) is 3.82. The molecular weight excluding hydrogens is 502 g/mol. The number of carbonyl (C=O) groups excluding carboxylic acids is 2. The SMILES string of the molecule is [C-]#[N+]c1cc(-c2ccc(C(=O)N3CCCC[C@@H]3C(N)=O)c(F)c2)ccc1OCC1CCN(CC(C)(C)F)CC1. The Bertz CT molecular complexity index is 1250. The zero-order valence-corrected chi connectivity index (χ0v) is 22.6. The second kappa shape index (κ2) is 12.1. The summed E-state index contributed by atoms with van der Waals surface area (Å²) in [5.41, 5.74) is 5.61. The number of piperidine rings is 2. The summed E-state index contributed by atoms with van der Waals surface area (Å²) >= 11 is 0.